The molecule has 2 N–H and O–H groups in total. The molecular formula is C7H13BrN2S. The van der Waals surface area contributed by atoms with Gasteiger partial charge in [-0.1, -0.05) is 6.92 Å². The fourth-order valence-corrected chi connectivity index (χ4v) is 1.65. The molecule has 0 bridgehead atoms. The Kier molecular flexibility index (Phi) is 5.72. The summed E-state index contributed by atoms with van der Waals surface area (Å²) in [5, 5.41) is 3.27. The average molecular weight is 237 g/mol. The van der Waals surface area contributed by atoms with Gasteiger partial charge in [-0.3, -0.25) is 0 Å². The van der Waals surface area contributed by atoms with E-state index in [0.29, 0.717) is 6.54 Å². The van der Waals surface area contributed by atoms with Crippen LogP contribution in [-0.4, -0.2) is 11.5 Å². The molecule has 0 aromatic carbocycles. The van der Waals surface area contributed by atoms with Crippen LogP contribution in [0.25, 0.3) is 0 Å². The monoisotopic (exact) mass is 236 g/mol. The van der Waals surface area contributed by atoms with Gasteiger partial charge in [-0.2, -0.15) is 0 Å². The molecule has 1 aromatic heterocycles. The first-order chi connectivity index (χ1) is 4.86. The Morgan fingerprint density at radius 1 is 1.64 bits per heavy atom. The molecule has 0 saturated heterocycles. The van der Waals surface area contributed by atoms with Gasteiger partial charge in [-0.25, -0.2) is 4.98 Å². The SMILES string of the molecule is Br.CCc1csc(CCN)n1. The highest BCUT2D eigenvalue weighted by molar-refractivity contribution is 8.93. The summed E-state index contributed by atoms with van der Waals surface area (Å²) in [6, 6.07) is 0. The molecule has 2 nitrogen and oxygen atoms in total. The molecule has 0 unspecified atom stereocenters. The highest BCUT2D eigenvalue weighted by atomic mass is 79.9. The van der Waals surface area contributed by atoms with Crippen LogP contribution in [-0.2, 0) is 12.8 Å². The topological polar surface area (TPSA) is 38.9 Å². The molecule has 0 spiro atoms. The van der Waals surface area contributed by atoms with E-state index in [9.17, 15) is 0 Å². The van der Waals surface area contributed by atoms with Gasteiger partial charge >= 0.3 is 0 Å². The number of halogens is 1. The molecule has 0 saturated carbocycles. The number of nitrogens with zero attached hydrogens (tertiary/aromatic N) is 1. The van der Waals surface area contributed by atoms with Gasteiger partial charge in [0, 0.05) is 11.8 Å². The summed E-state index contributed by atoms with van der Waals surface area (Å²) >= 11 is 1.71. The summed E-state index contributed by atoms with van der Waals surface area (Å²) in [5.74, 6) is 0. The third-order valence-electron chi connectivity index (χ3n) is 1.32. The van der Waals surface area contributed by atoms with Crippen molar-refractivity contribution in [2.75, 3.05) is 6.54 Å². The molecule has 0 aliphatic heterocycles. The van der Waals surface area contributed by atoms with Crippen LogP contribution < -0.4 is 5.73 Å². The number of hydrogen-bond acceptors (Lipinski definition) is 3. The second-order valence-corrected chi connectivity index (χ2v) is 3.07. The molecule has 64 valence electrons. The first-order valence-corrected chi connectivity index (χ1v) is 4.38. The zero-order valence-corrected chi connectivity index (χ0v) is 9.07. The second-order valence-electron chi connectivity index (χ2n) is 2.12. The summed E-state index contributed by atoms with van der Waals surface area (Å²) < 4.78 is 0. The molecule has 1 heterocycles. The fraction of sp³-hybridized carbons (Fsp3) is 0.571. The van der Waals surface area contributed by atoms with Crippen molar-refractivity contribution in [3.8, 4) is 0 Å². The lowest BCUT2D eigenvalue weighted by Crippen LogP contribution is -2.02. The van der Waals surface area contributed by atoms with Gasteiger partial charge in [0.2, 0.25) is 0 Å². The van der Waals surface area contributed by atoms with Gasteiger partial charge in [0.25, 0.3) is 0 Å². The van der Waals surface area contributed by atoms with E-state index in [-0.39, 0.29) is 17.0 Å². The van der Waals surface area contributed by atoms with Crippen LogP contribution in [0.5, 0.6) is 0 Å². The standard InChI is InChI=1S/C7H12N2S.BrH/c1-2-6-5-10-7(9-6)3-4-8;/h5H,2-4,8H2,1H3;1H. The van der Waals surface area contributed by atoms with Gasteiger partial charge in [0.05, 0.1) is 10.7 Å². The lowest BCUT2D eigenvalue weighted by atomic mass is 10.4. The molecule has 0 atom stereocenters. The molecule has 1 rings (SSSR count). The summed E-state index contributed by atoms with van der Waals surface area (Å²) in [5.41, 5.74) is 6.57. The summed E-state index contributed by atoms with van der Waals surface area (Å²) in [4.78, 5) is 4.36. The van der Waals surface area contributed by atoms with Crippen LogP contribution in [0, 0.1) is 0 Å². The lowest BCUT2D eigenvalue weighted by Gasteiger charge is -1.87. The molecule has 0 aliphatic rings. The quantitative estimate of drug-likeness (QED) is 0.870. The van der Waals surface area contributed by atoms with Crippen molar-refractivity contribution in [1.29, 1.82) is 0 Å². The molecule has 11 heavy (non-hydrogen) atoms. The van der Waals surface area contributed by atoms with Crippen LogP contribution in [0.4, 0.5) is 0 Å². The minimum atomic E-state index is 0. The van der Waals surface area contributed by atoms with Crippen LogP contribution in [0.1, 0.15) is 17.6 Å². The first kappa shape index (κ1) is 11.1. The Morgan fingerprint density at radius 3 is 2.82 bits per heavy atom. The van der Waals surface area contributed by atoms with Crippen LogP contribution in [0.3, 0.4) is 0 Å². The molecule has 0 aliphatic carbocycles. The van der Waals surface area contributed by atoms with E-state index in [0.717, 1.165) is 12.8 Å². The van der Waals surface area contributed by atoms with Gasteiger partial charge in [-0.15, -0.1) is 28.3 Å². The Balaban J connectivity index is 0.000001000. The van der Waals surface area contributed by atoms with Gasteiger partial charge in [0.1, 0.15) is 0 Å². The molecular weight excluding hydrogens is 224 g/mol. The summed E-state index contributed by atoms with van der Waals surface area (Å²) in [6.45, 7) is 2.82. The van der Waals surface area contributed by atoms with E-state index < -0.39 is 0 Å². The van der Waals surface area contributed by atoms with Crippen LogP contribution in [0.15, 0.2) is 5.38 Å². The smallest absolute Gasteiger partial charge is 0.0940 e. The van der Waals surface area contributed by atoms with Gasteiger partial charge in [-0.05, 0) is 13.0 Å². The Labute approximate surface area is 81.6 Å². The zero-order chi connectivity index (χ0) is 7.40. The van der Waals surface area contributed by atoms with Crippen molar-refractivity contribution in [3.63, 3.8) is 0 Å². The van der Waals surface area contributed by atoms with Crippen molar-refractivity contribution >= 4 is 28.3 Å². The molecule has 1 aromatic rings. The molecule has 0 fully saturated rings. The first-order valence-electron chi connectivity index (χ1n) is 3.50. The summed E-state index contributed by atoms with van der Waals surface area (Å²) in [7, 11) is 0. The molecule has 0 amide bonds. The second kappa shape index (κ2) is 5.69. The van der Waals surface area contributed by atoms with Gasteiger partial charge < -0.3 is 5.73 Å². The predicted molar refractivity (Wildman–Crippen MR) is 54.6 cm³/mol. The Hall–Kier alpha value is 0.0700. The van der Waals surface area contributed by atoms with Gasteiger partial charge in [0.15, 0.2) is 0 Å². The van der Waals surface area contributed by atoms with E-state index >= 15 is 0 Å². The number of rotatable bonds is 3. The number of hydrogen-bond donors (Lipinski definition) is 1. The largest absolute Gasteiger partial charge is 0.330 e. The fourth-order valence-electron chi connectivity index (χ4n) is 0.750. The van der Waals surface area contributed by atoms with Crippen molar-refractivity contribution in [3.05, 3.63) is 16.1 Å². The average Bonchev–Trinajstić information content (AvgIpc) is 2.37. The maximum Gasteiger partial charge on any atom is 0.0940 e. The lowest BCUT2D eigenvalue weighted by molar-refractivity contribution is 0.930. The predicted octanol–water partition coefficient (Wildman–Crippen LogP) is 1.78. The Morgan fingerprint density at radius 2 is 2.36 bits per heavy atom. The third kappa shape index (κ3) is 3.31. The van der Waals surface area contributed by atoms with Crippen LogP contribution in [0.2, 0.25) is 0 Å². The number of nitrogens with two attached hydrogens (primary N) is 1. The minimum absolute atomic E-state index is 0. The van der Waals surface area contributed by atoms with Crippen molar-refractivity contribution < 1.29 is 0 Å². The van der Waals surface area contributed by atoms with E-state index in [2.05, 4.69) is 17.3 Å². The summed E-state index contributed by atoms with van der Waals surface area (Å²) in [6.07, 6.45) is 1.95. The Bertz CT molecular complexity index is 200. The van der Waals surface area contributed by atoms with E-state index in [1.54, 1.807) is 11.3 Å². The minimum Gasteiger partial charge on any atom is -0.330 e. The van der Waals surface area contributed by atoms with E-state index in [1.165, 1.54) is 10.7 Å². The van der Waals surface area contributed by atoms with E-state index in [1.807, 2.05) is 0 Å². The third-order valence-corrected chi connectivity index (χ3v) is 2.28. The number of aromatic nitrogens is 1. The maximum absolute atomic E-state index is 5.38. The van der Waals surface area contributed by atoms with Crippen LogP contribution >= 0.6 is 28.3 Å². The highest BCUT2D eigenvalue weighted by Gasteiger charge is 1.97. The van der Waals surface area contributed by atoms with Crippen molar-refractivity contribution in [2.45, 2.75) is 19.8 Å². The number of thiazole rings is 1. The molecule has 0 radical (unpaired) electrons. The maximum atomic E-state index is 5.38. The highest BCUT2D eigenvalue weighted by Crippen LogP contribution is 2.09. The van der Waals surface area contributed by atoms with E-state index in [4.69, 9.17) is 5.73 Å². The van der Waals surface area contributed by atoms with Crippen molar-refractivity contribution in [1.82, 2.24) is 4.98 Å². The molecule has 4 heteroatoms. The number of aryl methyl sites for hydroxylation is 1. The normalized spacial score (nSPS) is 9.27. The van der Waals surface area contributed by atoms with Crippen molar-refractivity contribution in [2.24, 2.45) is 5.73 Å². The zero-order valence-electron chi connectivity index (χ0n) is 6.54.